The second-order valence-corrected chi connectivity index (χ2v) is 7.74. The fourth-order valence-corrected chi connectivity index (χ4v) is 4.14. The Kier molecular flexibility index (Phi) is 7.70. The van der Waals surface area contributed by atoms with Crippen molar-refractivity contribution in [2.45, 2.75) is 39.3 Å². The minimum Gasteiger partial charge on any atom is -0.492 e. The summed E-state index contributed by atoms with van der Waals surface area (Å²) in [6, 6.07) is 5.58. The highest BCUT2D eigenvalue weighted by Gasteiger charge is 2.27. The van der Waals surface area contributed by atoms with Crippen LogP contribution in [-0.2, 0) is 6.54 Å². The molecule has 158 valence electrons. The summed E-state index contributed by atoms with van der Waals surface area (Å²) in [5.41, 5.74) is 6.86. The Morgan fingerprint density at radius 3 is 2.79 bits per heavy atom. The van der Waals surface area contributed by atoms with Gasteiger partial charge in [-0.05, 0) is 51.0 Å². The Morgan fingerprint density at radius 1 is 1.28 bits per heavy atom. The molecule has 2 aromatic rings. The predicted octanol–water partition coefficient (Wildman–Crippen LogP) is 4.66. The molecule has 2 heterocycles. The monoisotopic (exact) mass is 437 g/mol. The smallest absolute Gasteiger partial charge is 0.205 e. The van der Waals surface area contributed by atoms with Crippen molar-refractivity contribution in [1.82, 2.24) is 9.55 Å². The summed E-state index contributed by atoms with van der Waals surface area (Å²) < 4.78 is 8.04. The van der Waals surface area contributed by atoms with Crippen LogP contribution in [0.25, 0.3) is 6.08 Å². The van der Waals surface area contributed by atoms with E-state index in [0.717, 1.165) is 49.9 Å². The minimum atomic E-state index is 0.291. The fraction of sp³-hybridized carbons (Fsp3) is 0.476. The van der Waals surface area contributed by atoms with Crippen molar-refractivity contribution in [1.29, 1.82) is 0 Å². The molecule has 3 rings (SSSR count). The predicted molar refractivity (Wildman–Crippen MR) is 122 cm³/mol. The van der Waals surface area contributed by atoms with Crippen LogP contribution in [0.2, 0.25) is 10.0 Å². The van der Waals surface area contributed by atoms with Crippen molar-refractivity contribution >= 4 is 41.0 Å². The number of fused-ring (bicyclic) bond motifs is 1. The van der Waals surface area contributed by atoms with Crippen molar-refractivity contribution in [3.8, 4) is 5.75 Å². The summed E-state index contributed by atoms with van der Waals surface area (Å²) >= 11 is 12.1. The van der Waals surface area contributed by atoms with Crippen molar-refractivity contribution in [2.24, 2.45) is 5.73 Å². The average molecular weight is 438 g/mol. The third-order valence-electron chi connectivity index (χ3n) is 4.94. The van der Waals surface area contributed by atoms with E-state index in [9.17, 15) is 0 Å². The summed E-state index contributed by atoms with van der Waals surface area (Å²) in [6.07, 6.45) is 6.23. The molecule has 0 spiro atoms. The van der Waals surface area contributed by atoms with Gasteiger partial charge in [0.15, 0.2) is 0 Å². The molecule has 6 nitrogen and oxygen atoms in total. The Labute approximate surface area is 182 Å². The van der Waals surface area contributed by atoms with Gasteiger partial charge in [-0.2, -0.15) is 0 Å². The first kappa shape index (κ1) is 21.8. The lowest BCUT2D eigenvalue weighted by atomic mass is 10.1. The number of nitrogens with one attached hydrogen (secondary N) is 1. The third kappa shape index (κ3) is 5.00. The molecular formula is C21H29Cl2N5O. The highest BCUT2D eigenvalue weighted by atomic mass is 35.5. The molecule has 1 unspecified atom stereocenters. The summed E-state index contributed by atoms with van der Waals surface area (Å²) in [7, 11) is 0. The van der Waals surface area contributed by atoms with E-state index in [2.05, 4.69) is 40.8 Å². The van der Waals surface area contributed by atoms with E-state index in [1.54, 1.807) is 12.1 Å². The van der Waals surface area contributed by atoms with E-state index in [4.69, 9.17) is 38.7 Å². The van der Waals surface area contributed by atoms with E-state index < -0.39 is 0 Å². The van der Waals surface area contributed by atoms with E-state index in [0.29, 0.717) is 35.0 Å². The molecule has 8 heteroatoms. The van der Waals surface area contributed by atoms with Gasteiger partial charge in [-0.1, -0.05) is 29.3 Å². The number of ether oxygens (including phenoxy) is 1. The van der Waals surface area contributed by atoms with Gasteiger partial charge >= 0.3 is 0 Å². The van der Waals surface area contributed by atoms with E-state index >= 15 is 0 Å². The SMILES string of the molecule is CCNc1nc2c(n1CCN)N(CC)C(CCCOc1ccc(Cl)cc1Cl)C=C2. The van der Waals surface area contributed by atoms with Crippen molar-refractivity contribution < 1.29 is 4.74 Å². The maximum Gasteiger partial charge on any atom is 0.205 e. The fourth-order valence-electron chi connectivity index (χ4n) is 3.68. The Morgan fingerprint density at radius 2 is 2.10 bits per heavy atom. The highest BCUT2D eigenvalue weighted by molar-refractivity contribution is 6.35. The van der Waals surface area contributed by atoms with Gasteiger partial charge in [-0.25, -0.2) is 4.98 Å². The zero-order valence-electron chi connectivity index (χ0n) is 17.0. The topological polar surface area (TPSA) is 68.3 Å². The molecule has 0 radical (unpaired) electrons. The van der Waals surface area contributed by atoms with E-state index in [-0.39, 0.29) is 0 Å². The van der Waals surface area contributed by atoms with Crippen molar-refractivity contribution in [2.75, 3.05) is 36.5 Å². The molecule has 1 aromatic heterocycles. The first-order valence-electron chi connectivity index (χ1n) is 10.2. The van der Waals surface area contributed by atoms with Gasteiger partial charge in [-0.3, -0.25) is 4.57 Å². The molecular weight excluding hydrogens is 409 g/mol. The van der Waals surface area contributed by atoms with Crippen LogP contribution in [0.5, 0.6) is 5.75 Å². The van der Waals surface area contributed by atoms with Crippen molar-refractivity contribution in [3.63, 3.8) is 0 Å². The number of anilines is 2. The molecule has 3 N–H and O–H groups in total. The second-order valence-electron chi connectivity index (χ2n) is 6.89. The number of hydrogen-bond donors (Lipinski definition) is 2. The lowest BCUT2D eigenvalue weighted by molar-refractivity contribution is 0.303. The molecule has 0 fully saturated rings. The molecule has 0 aliphatic carbocycles. The molecule has 29 heavy (non-hydrogen) atoms. The lowest BCUT2D eigenvalue weighted by Crippen LogP contribution is -2.38. The molecule has 0 saturated heterocycles. The second kappa shape index (κ2) is 10.2. The Bertz CT molecular complexity index is 852. The molecule has 1 atom stereocenters. The van der Waals surface area contributed by atoms with Gasteiger partial charge in [0.05, 0.1) is 11.6 Å². The van der Waals surface area contributed by atoms with Gasteiger partial charge in [0.2, 0.25) is 5.95 Å². The van der Waals surface area contributed by atoms with Gasteiger partial charge in [-0.15, -0.1) is 0 Å². The van der Waals surface area contributed by atoms with Gasteiger partial charge in [0.25, 0.3) is 0 Å². The van der Waals surface area contributed by atoms with Crippen LogP contribution in [0.1, 0.15) is 32.4 Å². The molecule has 1 aromatic carbocycles. The summed E-state index contributed by atoms with van der Waals surface area (Å²) in [6.45, 7) is 7.87. The normalized spacial score (nSPS) is 15.5. The number of aromatic nitrogens is 2. The molecule has 1 aliphatic heterocycles. The van der Waals surface area contributed by atoms with Gasteiger partial charge < -0.3 is 20.7 Å². The minimum absolute atomic E-state index is 0.291. The summed E-state index contributed by atoms with van der Waals surface area (Å²) in [5, 5.41) is 4.50. The molecule has 0 saturated carbocycles. The lowest BCUT2D eigenvalue weighted by Gasteiger charge is -2.34. The quantitative estimate of drug-likeness (QED) is 0.528. The molecule has 0 amide bonds. The Hall–Kier alpha value is -1.89. The van der Waals surface area contributed by atoms with Crippen LogP contribution in [0.4, 0.5) is 11.8 Å². The van der Waals surface area contributed by atoms with Crippen LogP contribution in [-0.4, -0.2) is 41.8 Å². The first-order chi connectivity index (χ1) is 14.1. The Balaban J connectivity index is 1.66. The number of nitrogens with two attached hydrogens (primary N) is 1. The number of imidazole rings is 1. The third-order valence-corrected chi connectivity index (χ3v) is 5.47. The van der Waals surface area contributed by atoms with E-state index in [1.165, 1.54) is 0 Å². The number of hydrogen-bond acceptors (Lipinski definition) is 5. The van der Waals surface area contributed by atoms with Gasteiger partial charge in [0.1, 0.15) is 17.3 Å². The van der Waals surface area contributed by atoms with Crippen LogP contribution in [0.15, 0.2) is 24.3 Å². The maximum atomic E-state index is 6.18. The van der Waals surface area contributed by atoms with E-state index in [1.807, 2.05) is 6.07 Å². The zero-order chi connectivity index (χ0) is 20.8. The zero-order valence-corrected chi connectivity index (χ0v) is 18.5. The average Bonchev–Trinajstić information content (AvgIpc) is 3.04. The first-order valence-corrected chi connectivity index (χ1v) is 10.9. The molecule has 0 bridgehead atoms. The van der Waals surface area contributed by atoms with Crippen LogP contribution in [0, 0.1) is 0 Å². The number of halogens is 2. The van der Waals surface area contributed by atoms with Crippen molar-refractivity contribution in [3.05, 3.63) is 40.0 Å². The maximum absolute atomic E-state index is 6.18. The molecule has 1 aliphatic rings. The highest BCUT2D eigenvalue weighted by Crippen LogP contribution is 2.33. The van der Waals surface area contributed by atoms with Gasteiger partial charge in [0, 0.05) is 37.2 Å². The summed E-state index contributed by atoms with van der Waals surface area (Å²) in [4.78, 5) is 7.16. The number of likely N-dealkylation sites (N-methyl/N-ethyl adjacent to an activating group) is 1. The van der Waals surface area contributed by atoms with Crippen LogP contribution in [0.3, 0.4) is 0 Å². The number of benzene rings is 1. The summed E-state index contributed by atoms with van der Waals surface area (Å²) in [5.74, 6) is 2.69. The standard InChI is InChI=1S/C21H29Cl2N5O/c1-3-25-21-26-18-9-8-16(27(4-2)20(18)28(21)12-11-24)6-5-13-29-19-10-7-15(22)14-17(19)23/h7-10,14,16H,3-6,11-13,24H2,1-2H3,(H,25,26). The van der Waals surface area contributed by atoms with Crippen LogP contribution >= 0.6 is 23.2 Å². The van der Waals surface area contributed by atoms with Crippen LogP contribution < -0.4 is 20.7 Å². The number of nitrogens with zero attached hydrogens (tertiary/aromatic N) is 3. The largest absolute Gasteiger partial charge is 0.492 e. The number of rotatable bonds is 10.